The van der Waals surface area contributed by atoms with E-state index < -0.39 is 0 Å². The number of anilines is 1. The van der Waals surface area contributed by atoms with E-state index >= 15 is 0 Å². The van der Waals surface area contributed by atoms with Gasteiger partial charge in [-0.1, -0.05) is 13.8 Å². The average molecular weight is 248 g/mol. The fourth-order valence-corrected chi connectivity index (χ4v) is 2.25. The zero-order valence-corrected chi connectivity index (χ0v) is 11.5. The molecule has 1 N–H and O–H groups in total. The second kappa shape index (κ2) is 6.19. The van der Waals surface area contributed by atoms with Crippen molar-refractivity contribution in [3.05, 3.63) is 23.4 Å². The zero-order chi connectivity index (χ0) is 13.0. The van der Waals surface area contributed by atoms with Crippen LogP contribution in [-0.4, -0.2) is 23.2 Å². The lowest BCUT2D eigenvalue weighted by molar-refractivity contribution is 0.281. The molecule has 0 unspecified atom stereocenters. The number of hydrogen-bond acceptors (Lipinski definition) is 3. The third-order valence-corrected chi connectivity index (χ3v) is 3.46. The SMILES string of the molecule is CCCN(CC1CC1)c1cc(CO)cc(CC)n1. The molecule has 1 fully saturated rings. The summed E-state index contributed by atoms with van der Waals surface area (Å²) in [6, 6.07) is 4.04. The highest BCUT2D eigenvalue weighted by Gasteiger charge is 2.24. The molecule has 1 aromatic heterocycles. The van der Waals surface area contributed by atoms with Gasteiger partial charge < -0.3 is 10.0 Å². The third-order valence-electron chi connectivity index (χ3n) is 3.46. The van der Waals surface area contributed by atoms with Gasteiger partial charge in [-0.05, 0) is 49.3 Å². The maximum Gasteiger partial charge on any atom is 0.129 e. The van der Waals surface area contributed by atoms with Gasteiger partial charge in [-0.15, -0.1) is 0 Å². The van der Waals surface area contributed by atoms with Crippen LogP contribution in [0, 0.1) is 5.92 Å². The lowest BCUT2D eigenvalue weighted by Gasteiger charge is -2.24. The largest absolute Gasteiger partial charge is 0.392 e. The summed E-state index contributed by atoms with van der Waals surface area (Å²) in [4.78, 5) is 7.10. The first-order valence-corrected chi connectivity index (χ1v) is 7.12. The molecular formula is C15H24N2O. The van der Waals surface area contributed by atoms with Crippen molar-refractivity contribution in [1.82, 2.24) is 4.98 Å². The standard InChI is InChI=1S/C15H24N2O/c1-3-7-17(10-12-5-6-12)15-9-13(11-18)8-14(4-2)16-15/h8-9,12,18H,3-7,10-11H2,1-2H3. The van der Waals surface area contributed by atoms with E-state index in [0.717, 1.165) is 48.9 Å². The van der Waals surface area contributed by atoms with Crippen LogP contribution in [0.5, 0.6) is 0 Å². The third kappa shape index (κ3) is 3.45. The molecule has 0 bridgehead atoms. The summed E-state index contributed by atoms with van der Waals surface area (Å²) in [6.45, 7) is 6.60. The van der Waals surface area contributed by atoms with Gasteiger partial charge in [0.05, 0.1) is 6.61 Å². The summed E-state index contributed by atoms with van der Waals surface area (Å²) in [5.41, 5.74) is 2.06. The Hall–Kier alpha value is -1.09. The molecule has 0 spiro atoms. The van der Waals surface area contributed by atoms with Crippen molar-refractivity contribution in [2.24, 2.45) is 5.92 Å². The number of rotatable bonds is 7. The molecule has 0 aliphatic heterocycles. The Labute approximate surface area is 110 Å². The van der Waals surface area contributed by atoms with Crippen LogP contribution in [0.15, 0.2) is 12.1 Å². The Morgan fingerprint density at radius 2 is 2.11 bits per heavy atom. The molecule has 0 saturated heterocycles. The molecule has 2 rings (SSSR count). The van der Waals surface area contributed by atoms with Gasteiger partial charge in [-0.2, -0.15) is 0 Å². The number of nitrogens with zero attached hydrogens (tertiary/aromatic N) is 2. The van der Waals surface area contributed by atoms with Crippen molar-refractivity contribution in [3.63, 3.8) is 0 Å². The summed E-state index contributed by atoms with van der Waals surface area (Å²) >= 11 is 0. The van der Waals surface area contributed by atoms with Crippen LogP contribution in [0.4, 0.5) is 5.82 Å². The molecule has 1 aromatic rings. The van der Waals surface area contributed by atoms with Crippen molar-refractivity contribution in [1.29, 1.82) is 0 Å². The van der Waals surface area contributed by atoms with Crippen LogP contribution < -0.4 is 4.90 Å². The molecule has 1 heterocycles. The van der Waals surface area contributed by atoms with Crippen LogP contribution in [-0.2, 0) is 13.0 Å². The highest BCUT2D eigenvalue weighted by Crippen LogP contribution is 2.31. The minimum atomic E-state index is 0.103. The number of aliphatic hydroxyl groups is 1. The van der Waals surface area contributed by atoms with Gasteiger partial charge in [-0.3, -0.25) is 0 Å². The van der Waals surface area contributed by atoms with E-state index in [4.69, 9.17) is 4.98 Å². The summed E-state index contributed by atoms with van der Waals surface area (Å²) in [7, 11) is 0. The minimum Gasteiger partial charge on any atom is -0.392 e. The van der Waals surface area contributed by atoms with Gasteiger partial charge in [0.2, 0.25) is 0 Å². The van der Waals surface area contributed by atoms with E-state index in [1.807, 2.05) is 12.1 Å². The van der Waals surface area contributed by atoms with Gasteiger partial charge in [0.25, 0.3) is 0 Å². The van der Waals surface area contributed by atoms with E-state index in [-0.39, 0.29) is 6.61 Å². The maximum atomic E-state index is 9.34. The van der Waals surface area contributed by atoms with Crippen LogP contribution >= 0.6 is 0 Å². The second-order valence-electron chi connectivity index (χ2n) is 5.23. The fourth-order valence-electron chi connectivity index (χ4n) is 2.25. The van der Waals surface area contributed by atoms with Crippen molar-refractivity contribution >= 4 is 5.82 Å². The molecule has 1 saturated carbocycles. The van der Waals surface area contributed by atoms with Crippen molar-refractivity contribution < 1.29 is 5.11 Å². The molecule has 0 aromatic carbocycles. The van der Waals surface area contributed by atoms with Crippen LogP contribution in [0.1, 0.15) is 44.4 Å². The van der Waals surface area contributed by atoms with E-state index in [9.17, 15) is 5.11 Å². The highest BCUT2D eigenvalue weighted by atomic mass is 16.3. The van der Waals surface area contributed by atoms with Crippen LogP contribution in [0.2, 0.25) is 0 Å². The number of aryl methyl sites for hydroxylation is 1. The predicted octanol–water partition coefficient (Wildman–Crippen LogP) is 2.76. The Balaban J connectivity index is 2.20. The molecule has 0 amide bonds. The number of aliphatic hydroxyl groups excluding tert-OH is 1. The normalized spacial score (nSPS) is 14.8. The molecule has 0 atom stereocenters. The summed E-state index contributed by atoms with van der Waals surface area (Å²) in [6.07, 6.45) is 4.78. The van der Waals surface area contributed by atoms with Crippen molar-refractivity contribution in [2.45, 2.75) is 46.1 Å². The summed E-state index contributed by atoms with van der Waals surface area (Å²) < 4.78 is 0. The Kier molecular flexibility index (Phi) is 4.59. The molecule has 18 heavy (non-hydrogen) atoms. The van der Waals surface area contributed by atoms with Gasteiger partial charge in [0.1, 0.15) is 5.82 Å². The molecule has 0 radical (unpaired) electrons. The highest BCUT2D eigenvalue weighted by molar-refractivity contribution is 5.43. The van der Waals surface area contributed by atoms with E-state index in [2.05, 4.69) is 18.7 Å². The second-order valence-corrected chi connectivity index (χ2v) is 5.23. The maximum absolute atomic E-state index is 9.34. The molecule has 100 valence electrons. The summed E-state index contributed by atoms with van der Waals surface area (Å²) in [5, 5.41) is 9.34. The molecule has 3 heteroatoms. The number of hydrogen-bond donors (Lipinski definition) is 1. The average Bonchev–Trinajstić information content (AvgIpc) is 3.21. The topological polar surface area (TPSA) is 36.4 Å². The Morgan fingerprint density at radius 1 is 1.33 bits per heavy atom. The van der Waals surface area contributed by atoms with Gasteiger partial charge in [0, 0.05) is 18.8 Å². The minimum absolute atomic E-state index is 0.103. The first-order chi connectivity index (χ1) is 8.76. The van der Waals surface area contributed by atoms with E-state index in [1.165, 1.54) is 12.8 Å². The van der Waals surface area contributed by atoms with Gasteiger partial charge in [-0.25, -0.2) is 4.98 Å². The monoisotopic (exact) mass is 248 g/mol. The smallest absolute Gasteiger partial charge is 0.129 e. The van der Waals surface area contributed by atoms with Crippen molar-refractivity contribution in [3.8, 4) is 0 Å². The van der Waals surface area contributed by atoms with Crippen molar-refractivity contribution in [2.75, 3.05) is 18.0 Å². The molecule has 1 aliphatic rings. The van der Waals surface area contributed by atoms with E-state index in [1.54, 1.807) is 0 Å². The van der Waals surface area contributed by atoms with Crippen LogP contribution in [0.3, 0.4) is 0 Å². The van der Waals surface area contributed by atoms with Gasteiger partial charge >= 0.3 is 0 Å². The predicted molar refractivity (Wildman–Crippen MR) is 74.8 cm³/mol. The fraction of sp³-hybridized carbons (Fsp3) is 0.667. The lowest BCUT2D eigenvalue weighted by Crippen LogP contribution is -2.27. The molecule has 1 aliphatic carbocycles. The van der Waals surface area contributed by atoms with Gasteiger partial charge in [0.15, 0.2) is 0 Å². The molecule has 3 nitrogen and oxygen atoms in total. The quantitative estimate of drug-likeness (QED) is 0.806. The summed E-state index contributed by atoms with van der Waals surface area (Å²) in [5.74, 6) is 1.91. The number of aromatic nitrogens is 1. The zero-order valence-electron chi connectivity index (χ0n) is 11.5. The van der Waals surface area contributed by atoms with E-state index in [0.29, 0.717) is 0 Å². The molecular weight excluding hydrogens is 224 g/mol. The first kappa shape index (κ1) is 13.3. The Morgan fingerprint density at radius 3 is 2.67 bits per heavy atom. The first-order valence-electron chi connectivity index (χ1n) is 7.12. The lowest BCUT2D eigenvalue weighted by atomic mass is 10.2. The van der Waals surface area contributed by atoms with Crippen LogP contribution in [0.25, 0.3) is 0 Å². The number of pyridine rings is 1. The Bertz CT molecular complexity index is 366.